The molecule has 1 rings (SSSR count). The number of hydrogen-bond donors (Lipinski definition) is 1. The maximum atomic E-state index is 12.1. The molecule has 3 nitrogen and oxygen atoms in total. The van der Waals surface area contributed by atoms with Gasteiger partial charge in [-0.25, -0.2) is 4.79 Å². The van der Waals surface area contributed by atoms with Crippen molar-refractivity contribution in [2.45, 2.75) is 12.6 Å². The van der Waals surface area contributed by atoms with Crippen molar-refractivity contribution in [3.8, 4) is 0 Å². The minimum atomic E-state index is -4.28. The number of carbonyl (C=O) groups is 1. The van der Waals surface area contributed by atoms with E-state index < -0.39 is 18.6 Å². The highest BCUT2D eigenvalue weighted by Crippen LogP contribution is 2.26. The number of alkyl halides is 3. The smallest absolute Gasteiger partial charge is 0.390 e. The first kappa shape index (κ1) is 14.6. The van der Waals surface area contributed by atoms with E-state index >= 15 is 0 Å². The standard InChI is InChI=1S/C11H11ClF3NO2/c1-16(5-4-11(13,14)15)9-6-7(12)2-3-8(9)10(17)18/h2-3,6H,4-5H2,1H3,(H,17,18). The third-order valence-corrected chi connectivity index (χ3v) is 2.57. The van der Waals surface area contributed by atoms with Gasteiger partial charge in [0.25, 0.3) is 0 Å². The normalized spacial score (nSPS) is 11.4. The average molecular weight is 282 g/mol. The van der Waals surface area contributed by atoms with Crippen LogP contribution < -0.4 is 4.90 Å². The van der Waals surface area contributed by atoms with Gasteiger partial charge in [0.2, 0.25) is 0 Å². The molecule has 0 atom stereocenters. The van der Waals surface area contributed by atoms with E-state index in [2.05, 4.69) is 0 Å². The fourth-order valence-corrected chi connectivity index (χ4v) is 1.58. The molecule has 0 radical (unpaired) electrons. The van der Waals surface area contributed by atoms with Gasteiger partial charge < -0.3 is 10.0 Å². The van der Waals surface area contributed by atoms with Gasteiger partial charge in [-0.1, -0.05) is 11.6 Å². The van der Waals surface area contributed by atoms with Crippen LogP contribution in [-0.4, -0.2) is 30.8 Å². The molecule has 0 saturated heterocycles. The van der Waals surface area contributed by atoms with Crippen molar-refractivity contribution >= 4 is 23.3 Å². The highest BCUT2D eigenvalue weighted by atomic mass is 35.5. The van der Waals surface area contributed by atoms with Crippen molar-refractivity contribution in [2.75, 3.05) is 18.5 Å². The molecule has 7 heteroatoms. The molecule has 18 heavy (non-hydrogen) atoms. The van der Waals surface area contributed by atoms with Gasteiger partial charge in [0.1, 0.15) is 0 Å². The minimum absolute atomic E-state index is 0.0796. The van der Waals surface area contributed by atoms with Gasteiger partial charge in [-0.2, -0.15) is 13.2 Å². The van der Waals surface area contributed by atoms with Crippen LogP contribution >= 0.6 is 11.6 Å². The molecule has 0 aliphatic carbocycles. The number of carboxylic acids is 1. The number of carboxylic acid groups (broad SMARTS) is 1. The van der Waals surface area contributed by atoms with Gasteiger partial charge in [-0.15, -0.1) is 0 Å². The molecule has 0 aliphatic rings. The topological polar surface area (TPSA) is 40.5 Å². The van der Waals surface area contributed by atoms with E-state index in [0.717, 1.165) is 0 Å². The summed E-state index contributed by atoms with van der Waals surface area (Å²) in [6.45, 7) is -0.329. The number of hydrogen-bond acceptors (Lipinski definition) is 2. The van der Waals surface area contributed by atoms with Crippen LogP contribution in [0.5, 0.6) is 0 Å². The lowest BCUT2D eigenvalue weighted by Gasteiger charge is -2.22. The maximum Gasteiger partial charge on any atom is 0.390 e. The Morgan fingerprint density at radius 3 is 2.56 bits per heavy atom. The van der Waals surface area contributed by atoms with Crippen LogP contribution in [0.15, 0.2) is 18.2 Å². The monoisotopic (exact) mass is 281 g/mol. The van der Waals surface area contributed by atoms with Crippen molar-refractivity contribution < 1.29 is 23.1 Å². The van der Waals surface area contributed by atoms with E-state index in [0.29, 0.717) is 0 Å². The zero-order valence-electron chi connectivity index (χ0n) is 9.46. The Hall–Kier alpha value is -1.43. The van der Waals surface area contributed by atoms with E-state index in [1.165, 1.54) is 30.1 Å². The van der Waals surface area contributed by atoms with Gasteiger partial charge in [-0.3, -0.25) is 0 Å². The van der Waals surface area contributed by atoms with E-state index in [4.69, 9.17) is 16.7 Å². The molecule has 0 unspecified atom stereocenters. The first-order valence-corrected chi connectivity index (χ1v) is 5.39. The summed E-state index contributed by atoms with van der Waals surface area (Å²) in [6.07, 6.45) is -5.30. The van der Waals surface area contributed by atoms with E-state index in [9.17, 15) is 18.0 Å². The van der Waals surface area contributed by atoms with E-state index in [1.54, 1.807) is 0 Å². The van der Waals surface area contributed by atoms with E-state index in [1.807, 2.05) is 0 Å². The fraction of sp³-hybridized carbons (Fsp3) is 0.364. The fourth-order valence-electron chi connectivity index (χ4n) is 1.42. The summed E-state index contributed by atoms with van der Waals surface area (Å²) in [5.74, 6) is -1.21. The molecular formula is C11H11ClF3NO2. The number of rotatable bonds is 4. The number of halogens is 4. The van der Waals surface area contributed by atoms with Crippen LogP contribution in [0.25, 0.3) is 0 Å². The highest BCUT2D eigenvalue weighted by Gasteiger charge is 2.27. The zero-order chi connectivity index (χ0) is 13.9. The van der Waals surface area contributed by atoms with Crippen molar-refractivity contribution in [1.82, 2.24) is 0 Å². The first-order valence-electron chi connectivity index (χ1n) is 5.01. The number of nitrogens with zero attached hydrogens (tertiary/aromatic N) is 1. The summed E-state index contributed by atoms with van der Waals surface area (Å²) >= 11 is 5.71. The number of benzene rings is 1. The van der Waals surface area contributed by atoms with Crippen LogP contribution in [0.4, 0.5) is 18.9 Å². The molecule has 0 fully saturated rings. The van der Waals surface area contributed by atoms with Crippen LogP contribution in [-0.2, 0) is 0 Å². The Morgan fingerprint density at radius 1 is 1.44 bits per heavy atom. The Labute approximate surface area is 107 Å². The van der Waals surface area contributed by atoms with E-state index in [-0.39, 0.29) is 22.8 Å². The molecule has 100 valence electrons. The Kier molecular flexibility index (Phi) is 4.45. The van der Waals surface area contributed by atoms with Crippen LogP contribution in [0.1, 0.15) is 16.8 Å². The summed E-state index contributed by atoms with van der Waals surface area (Å²) in [7, 11) is 1.39. The molecule has 0 bridgehead atoms. The van der Waals surface area contributed by atoms with Crippen LogP contribution in [0, 0.1) is 0 Å². The molecule has 0 spiro atoms. The van der Waals surface area contributed by atoms with Gasteiger partial charge in [0, 0.05) is 18.6 Å². The van der Waals surface area contributed by atoms with Gasteiger partial charge >= 0.3 is 12.1 Å². The first-order chi connectivity index (χ1) is 8.20. The van der Waals surface area contributed by atoms with Gasteiger partial charge in [0.15, 0.2) is 0 Å². The largest absolute Gasteiger partial charge is 0.478 e. The van der Waals surface area contributed by atoms with Crippen molar-refractivity contribution in [3.05, 3.63) is 28.8 Å². The zero-order valence-corrected chi connectivity index (χ0v) is 10.2. The Balaban J connectivity index is 2.93. The summed E-state index contributed by atoms with van der Waals surface area (Å²) < 4.78 is 36.3. The Bertz CT molecular complexity index is 448. The van der Waals surface area contributed by atoms with Crippen molar-refractivity contribution in [3.63, 3.8) is 0 Å². The molecular weight excluding hydrogens is 271 g/mol. The molecule has 1 N–H and O–H groups in total. The second-order valence-corrected chi connectivity index (χ2v) is 4.19. The quantitative estimate of drug-likeness (QED) is 0.919. The van der Waals surface area contributed by atoms with Crippen LogP contribution in [0.2, 0.25) is 5.02 Å². The predicted octanol–water partition coefficient (Wildman–Crippen LogP) is 3.43. The summed E-state index contributed by atoms with van der Waals surface area (Å²) in [4.78, 5) is 12.2. The second-order valence-electron chi connectivity index (χ2n) is 3.75. The lowest BCUT2D eigenvalue weighted by molar-refractivity contribution is -0.132. The van der Waals surface area contributed by atoms with Crippen LogP contribution in [0.3, 0.4) is 0 Å². The lowest BCUT2D eigenvalue weighted by Crippen LogP contribution is -2.25. The van der Waals surface area contributed by atoms with Crippen molar-refractivity contribution in [2.24, 2.45) is 0 Å². The summed E-state index contributed by atoms with van der Waals surface area (Å²) in [5.41, 5.74) is 0.0864. The molecule has 0 amide bonds. The maximum absolute atomic E-state index is 12.1. The third-order valence-electron chi connectivity index (χ3n) is 2.33. The lowest BCUT2D eigenvalue weighted by atomic mass is 10.1. The Morgan fingerprint density at radius 2 is 2.06 bits per heavy atom. The molecule has 1 aromatic rings. The van der Waals surface area contributed by atoms with Gasteiger partial charge in [-0.05, 0) is 18.2 Å². The second kappa shape index (κ2) is 5.48. The molecule has 1 aromatic carbocycles. The summed E-state index contributed by atoms with van der Waals surface area (Å²) in [6, 6.07) is 3.98. The highest BCUT2D eigenvalue weighted by molar-refractivity contribution is 6.31. The molecule has 0 aliphatic heterocycles. The molecule has 0 heterocycles. The number of aromatic carboxylic acids is 1. The molecule has 0 aromatic heterocycles. The van der Waals surface area contributed by atoms with Gasteiger partial charge in [0.05, 0.1) is 17.7 Å². The average Bonchev–Trinajstić information content (AvgIpc) is 2.24. The minimum Gasteiger partial charge on any atom is -0.478 e. The molecule has 0 saturated carbocycles. The summed E-state index contributed by atoms with van der Waals surface area (Å²) in [5, 5.41) is 9.21. The number of anilines is 1. The third kappa shape index (κ3) is 4.10. The van der Waals surface area contributed by atoms with Crippen molar-refractivity contribution in [1.29, 1.82) is 0 Å². The SMILES string of the molecule is CN(CCC(F)(F)F)c1cc(Cl)ccc1C(=O)O. The predicted molar refractivity (Wildman–Crippen MR) is 62.4 cm³/mol.